The molecule has 13 heavy (non-hydrogen) atoms. The monoisotopic (exact) mass is 183 g/mol. The number of amides is 1. The number of carbonyl (C=O) groups is 1. The van der Waals surface area contributed by atoms with Crippen LogP contribution < -0.4 is 5.32 Å². The second-order valence-corrected chi connectivity index (χ2v) is 3.65. The van der Waals surface area contributed by atoms with Crippen LogP contribution in [0.3, 0.4) is 0 Å². The summed E-state index contributed by atoms with van der Waals surface area (Å²) >= 11 is 0. The number of nitrogens with one attached hydrogen (secondary N) is 1. The van der Waals surface area contributed by atoms with Crippen molar-refractivity contribution < 1.29 is 9.53 Å². The molecule has 0 aromatic heterocycles. The summed E-state index contributed by atoms with van der Waals surface area (Å²) in [7, 11) is 0. The molecule has 74 valence electrons. The highest BCUT2D eigenvalue weighted by Crippen LogP contribution is 2.18. The minimum absolute atomic E-state index is 0.0117. The summed E-state index contributed by atoms with van der Waals surface area (Å²) in [4.78, 5) is 11.3. The van der Waals surface area contributed by atoms with Crippen LogP contribution in [0.25, 0.3) is 0 Å². The highest BCUT2D eigenvalue weighted by atomic mass is 16.5. The molecule has 0 bridgehead atoms. The first kappa shape index (κ1) is 10.3. The summed E-state index contributed by atoms with van der Waals surface area (Å²) in [6, 6.07) is 0.196. The fourth-order valence-corrected chi connectivity index (χ4v) is 1.35. The summed E-state index contributed by atoms with van der Waals surface area (Å²) in [6.45, 7) is 6.61. The lowest BCUT2D eigenvalue weighted by atomic mass is 10.1. The molecular weight excluding hydrogens is 166 g/mol. The van der Waals surface area contributed by atoms with E-state index in [0.29, 0.717) is 0 Å². The lowest BCUT2D eigenvalue weighted by Gasteiger charge is -2.07. The van der Waals surface area contributed by atoms with Gasteiger partial charge in [-0.1, -0.05) is 0 Å². The molecule has 1 aliphatic heterocycles. The van der Waals surface area contributed by atoms with Gasteiger partial charge in [-0.3, -0.25) is 4.79 Å². The third kappa shape index (κ3) is 3.19. The lowest BCUT2D eigenvalue weighted by molar-refractivity contribution is -0.117. The van der Waals surface area contributed by atoms with Gasteiger partial charge in [-0.25, -0.2) is 0 Å². The van der Waals surface area contributed by atoms with Gasteiger partial charge in [0.1, 0.15) is 0 Å². The molecule has 3 heteroatoms. The molecule has 1 unspecified atom stereocenters. The van der Waals surface area contributed by atoms with E-state index in [1.54, 1.807) is 6.08 Å². The molecule has 0 radical (unpaired) electrons. The molecule has 1 rings (SSSR count). The van der Waals surface area contributed by atoms with Crippen LogP contribution in [0, 0.1) is 0 Å². The molecule has 1 heterocycles. The minimum atomic E-state index is -0.0117. The molecule has 0 aromatic carbocycles. The minimum Gasteiger partial charge on any atom is -0.374 e. The third-order valence-electron chi connectivity index (χ3n) is 2.03. The average Bonchev–Trinajstić information content (AvgIpc) is 2.34. The summed E-state index contributed by atoms with van der Waals surface area (Å²) in [6.07, 6.45) is 2.66. The maximum absolute atomic E-state index is 11.3. The molecule has 0 spiro atoms. The van der Waals surface area contributed by atoms with Crippen molar-refractivity contribution in [1.29, 1.82) is 0 Å². The van der Waals surface area contributed by atoms with Crippen molar-refractivity contribution in [1.82, 2.24) is 5.32 Å². The highest BCUT2D eigenvalue weighted by molar-refractivity contribution is 5.88. The second kappa shape index (κ2) is 4.42. The topological polar surface area (TPSA) is 38.3 Å². The SMILES string of the molecule is CC(C)NC(=O)/C=C1/CCOC1C. The Morgan fingerprint density at radius 3 is 2.85 bits per heavy atom. The van der Waals surface area contributed by atoms with E-state index >= 15 is 0 Å². The third-order valence-corrected chi connectivity index (χ3v) is 2.03. The molecule has 1 fully saturated rings. The number of carbonyl (C=O) groups excluding carboxylic acids is 1. The Morgan fingerprint density at radius 1 is 1.69 bits per heavy atom. The van der Waals surface area contributed by atoms with Gasteiger partial charge in [0.05, 0.1) is 12.7 Å². The molecule has 1 atom stereocenters. The van der Waals surface area contributed by atoms with Crippen LogP contribution in [0.15, 0.2) is 11.6 Å². The van der Waals surface area contributed by atoms with E-state index in [4.69, 9.17) is 4.74 Å². The maximum atomic E-state index is 11.3. The normalized spacial score (nSPS) is 25.5. The van der Waals surface area contributed by atoms with Gasteiger partial charge in [-0.2, -0.15) is 0 Å². The standard InChI is InChI=1S/C10H17NO2/c1-7(2)11-10(12)6-9-4-5-13-8(9)3/h6-8H,4-5H2,1-3H3,(H,11,12)/b9-6-. The van der Waals surface area contributed by atoms with Crippen LogP contribution in [-0.4, -0.2) is 24.7 Å². The van der Waals surface area contributed by atoms with Gasteiger partial charge in [-0.05, 0) is 32.8 Å². The molecule has 1 aliphatic rings. The number of hydrogen-bond donors (Lipinski definition) is 1. The van der Waals surface area contributed by atoms with Gasteiger partial charge >= 0.3 is 0 Å². The Balaban J connectivity index is 2.49. The van der Waals surface area contributed by atoms with Gasteiger partial charge < -0.3 is 10.1 Å². The van der Waals surface area contributed by atoms with E-state index in [1.165, 1.54) is 0 Å². The van der Waals surface area contributed by atoms with E-state index in [-0.39, 0.29) is 18.1 Å². The first-order valence-corrected chi connectivity index (χ1v) is 4.72. The Hall–Kier alpha value is -0.830. The molecule has 3 nitrogen and oxygen atoms in total. The van der Waals surface area contributed by atoms with Crippen molar-refractivity contribution in [2.45, 2.75) is 39.3 Å². The Kier molecular flexibility index (Phi) is 3.48. The largest absolute Gasteiger partial charge is 0.374 e. The van der Waals surface area contributed by atoms with E-state index in [0.717, 1.165) is 18.6 Å². The predicted octanol–water partition coefficient (Wildman–Crippen LogP) is 1.25. The maximum Gasteiger partial charge on any atom is 0.244 e. The van der Waals surface area contributed by atoms with Crippen molar-refractivity contribution >= 4 is 5.91 Å². The number of hydrogen-bond acceptors (Lipinski definition) is 2. The second-order valence-electron chi connectivity index (χ2n) is 3.65. The van der Waals surface area contributed by atoms with Gasteiger partial charge in [-0.15, -0.1) is 0 Å². The van der Waals surface area contributed by atoms with E-state index in [9.17, 15) is 4.79 Å². The highest BCUT2D eigenvalue weighted by Gasteiger charge is 2.17. The van der Waals surface area contributed by atoms with Crippen molar-refractivity contribution in [2.75, 3.05) is 6.61 Å². The molecule has 1 N–H and O–H groups in total. The van der Waals surface area contributed by atoms with Gasteiger partial charge in [0.25, 0.3) is 0 Å². The lowest BCUT2D eigenvalue weighted by Crippen LogP contribution is -2.28. The van der Waals surface area contributed by atoms with Crippen molar-refractivity contribution in [3.05, 3.63) is 11.6 Å². The number of ether oxygens (including phenoxy) is 1. The quantitative estimate of drug-likeness (QED) is 0.654. The molecule has 0 aliphatic carbocycles. The van der Waals surface area contributed by atoms with Crippen LogP contribution >= 0.6 is 0 Å². The van der Waals surface area contributed by atoms with Crippen LogP contribution in [-0.2, 0) is 9.53 Å². The zero-order chi connectivity index (χ0) is 9.84. The van der Waals surface area contributed by atoms with E-state index in [1.807, 2.05) is 20.8 Å². The molecule has 1 amide bonds. The smallest absolute Gasteiger partial charge is 0.244 e. The van der Waals surface area contributed by atoms with Gasteiger partial charge in [0, 0.05) is 12.1 Å². The molecule has 0 aromatic rings. The van der Waals surface area contributed by atoms with Crippen LogP contribution in [0.5, 0.6) is 0 Å². The van der Waals surface area contributed by atoms with E-state index in [2.05, 4.69) is 5.32 Å². The summed E-state index contributed by atoms with van der Waals surface area (Å²) in [5.74, 6) is -0.0117. The summed E-state index contributed by atoms with van der Waals surface area (Å²) in [5, 5.41) is 2.82. The van der Waals surface area contributed by atoms with Crippen molar-refractivity contribution in [2.24, 2.45) is 0 Å². The van der Waals surface area contributed by atoms with Crippen molar-refractivity contribution in [3.63, 3.8) is 0 Å². The fourth-order valence-electron chi connectivity index (χ4n) is 1.35. The predicted molar refractivity (Wildman–Crippen MR) is 51.4 cm³/mol. The summed E-state index contributed by atoms with van der Waals surface area (Å²) < 4.78 is 5.32. The average molecular weight is 183 g/mol. The zero-order valence-corrected chi connectivity index (χ0v) is 8.46. The van der Waals surface area contributed by atoms with Crippen LogP contribution in [0.4, 0.5) is 0 Å². The summed E-state index contributed by atoms with van der Waals surface area (Å²) in [5.41, 5.74) is 1.10. The Morgan fingerprint density at radius 2 is 2.38 bits per heavy atom. The number of rotatable bonds is 2. The fraction of sp³-hybridized carbons (Fsp3) is 0.700. The van der Waals surface area contributed by atoms with Crippen LogP contribution in [0.2, 0.25) is 0 Å². The first-order valence-electron chi connectivity index (χ1n) is 4.72. The molecule has 0 saturated carbocycles. The van der Waals surface area contributed by atoms with Gasteiger partial charge in [0.15, 0.2) is 0 Å². The van der Waals surface area contributed by atoms with Gasteiger partial charge in [0.2, 0.25) is 5.91 Å². The zero-order valence-electron chi connectivity index (χ0n) is 8.46. The van der Waals surface area contributed by atoms with Crippen LogP contribution in [0.1, 0.15) is 27.2 Å². The Labute approximate surface area is 79.2 Å². The Bertz CT molecular complexity index is 221. The van der Waals surface area contributed by atoms with Crippen molar-refractivity contribution in [3.8, 4) is 0 Å². The first-order chi connectivity index (χ1) is 6.09. The molecule has 1 saturated heterocycles. The van der Waals surface area contributed by atoms with E-state index < -0.39 is 0 Å². The molecular formula is C10H17NO2.